The van der Waals surface area contributed by atoms with Crippen molar-refractivity contribution in [1.82, 2.24) is 25.4 Å². The number of halogens is 1. The molecule has 2 aliphatic heterocycles. The number of nitrogens with two attached hydrogens (primary N) is 1. The van der Waals surface area contributed by atoms with E-state index in [1.807, 2.05) is 0 Å². The molecule has 2 aliphatic rings. The Kier molecular flexibility index (Phi) is 8.52. The van der Waals surface area contributed by atoms with Crippen LogP contribution in [-0.2, 0) is 14.4 Å². The van der Waals surface area contributed by atoms with Crippen LogP contribution in [0, 0.1) is 5.41 Å². The maximum Gasteiger partial charge on any atom is 1.00 e. The number of carboxylic acid groups (broad SMARTS) is 1. The Bertz CT molecular complexity index is 1050. The Labute approximate surface area is 226 Å². The van der Waals surface area contributed by atoms with Gasteiger partial charge in [0.25, 0.3) is 5.91 Å². The number of amides is 2. The van der Waals surface area contributed by atoms with Crippen LogP contribution in [0.5, 0.6) is 0 Å². The van der Waals surface area contributed by atoms with E-state index in [2.05, 4.69) is 20.5 Å². The van der Waals surface area contributed by atoms with Gasteiger partial charge in [0.1, 0.15) is 16.9 Å². The van der Waals surface area contributed by atoms with Crippen LogP contribution in [0.4, 0.5) is 5.13 Å². The van der Waals surface area contributed by atoms with Crippen molar-refractivity contribution in [3.63, 3.8) is 0 Å². The number of nitrogens with one attached hydrogen (secondary N) is 1. The average molecular weight is 541 g/mol. The van der Waals surface area contributed by atoms with Gasteiger partial charge in [-0.25, -0.2) is 4.98 Å². The molecule has 4 rings (SSSR count). The molecule has 2 unspecified atom stereocenters. The number of β-lactam (4-membered cyclic amide) rings is 1. The van der Waals surface area contributed by atoms with Crippen molar-refractivity contribution in [3.8, 4) is 0 Å². The summed E-state index contributed by atoms with van der Waals surface area (Å²) in [4.78, 5) is 42.8. The van der Waals surface area contributed by atoms with Crippen LogP contribution in [0.15, 0.2) is 20.8 Å². The van der Waals surface area contributed by atoms with Gasteiger partial charge in [-0.2, -0.15) is 0 Å². The molecule has 2 saturated heterocycles. The van der Waals surface area contributed by atoms with Crippen LogP contribution in [0.25, 0.3) is 5.57 Å². The van der Waals surface area contributed by atoms with Crippen molar-refractivity contribution >= 4 is 86.3 Å². The number of rotatable bonds is 7. The fraction of sp³-hybridized carbons (Fsp3) is 0.375. The number of hydrogen-bond acceptors (Lipinski definition) is 12. The fourth-order valence-corrected chi connectivity index (χ4v) is 7.29. The van der Waals surface area contributed by atoms with E-state index in [-0.39, 0.29) is 69.6 Å². The second kappa shape index (κ2) is 10.6. The second-order valence-electron chi connectivity index (χ2n) is 6.77. The topological polar surface area (TPSA) is 154 Å². The van der Waals surface area contributed by atoms with Crippen LogP contribution in [0.3, 0.4) is 0 Å². The van der Waals surface area contributed by atoms with Crippen molar-refractivity contribution in [1.29, 1.82) is 0 Å². The number of carbonyl (C=O) groups is 3. The molecule has 0 aromatic carbocycles. The Morgan fingerprint density at radius 2 is 2.25 bits per heavy atom. The molecule has 3 atom stereocenters. The Morgan fingerprint density at radius 3 is 2.84 bits per heavy atom. The number of thioether (sulfide) groups is 2. The standard InChI is InChI=1S/C16H15ClN6O4S4.Na/c17-1-7(8-2-28-14(18)20-8)10(24)21-9-11(25)23-3-16(13(26)27,4-29-12(9)23)5-30-15-22-19-6-31-15;/h1-2,6,9,12H,3-5H2,(H2,18,20)(H,21,24)(H,26,27);/q;+1/p-1/t9?,12-,16?;/m1./s1. The molecule has 4 heterocycles. The summed E-state index contributed by atoms with van der Waals surface area (Å²) in [6, 6.07) is -0.782. The van der Waals surface area contributed by atoms with Crippen molar-refractivity contribution in [3.05, 3.63) is 22.1 Å². The smallest absolute Gasteiger partial charge is 0.549 e. The first-order chi connectivity index (χ1) is 14.8. The number of carboxylic acids is 1. The molecule has 32 heavy (non-hydrogen) atoms. The number of carbonyl (C=O) groups excluding carboxylic acids is 3. The summed E-state index contributed by atoms with van der Waals surface area (Å²) in [5, 5.41) is 23.8. The van der Waals surface area contributed by atoms with Crippen LogP contribution in [-0.4, -0.2) is 67.3 Å². The van der Waals surface area contributed by atoms with E-state index in [0.29, 0.717) is 10.0 Å². The summed E-state index contributed by atoms with van der Waals surface area (Å²) in [6.45, 7) is 0.00479. The van der Waals surface area contributed by atoms with Crippen LogP contribution in [0.1, 0.15) is 5.69 Å². The molecule has 0 bridgehead atoms. The summed E-state index contributed by atoms with van der Waals surface area (Å²) in [6.07, 6.45) is 0. The van der Waals surface area contributed by atoms with Gasteiger partial charge < -0.3 is 25.9 Å². The fourth-order valence-electron chi connectivity index (χ4n) is 3.18. The zero-order valence-corrected chi connectivity index (χ0v) is 22.5. The maximum atomic E-state index is 12.7. The van der Waals surface area contributed by atoms with E-state index in [1.165, 1.54) is 51.1 Å². The molecule has 10 nitrogen and oxygen atoms in total. The number of nitrogen functional groups attached to an aromatic ring is 1. The number of aliphatic carboxylic acids is 1. The third-order valence-electron chi connectivity index (χ3n) is 4.83. The van der Waals surface area contributed by atoms with E-state index in [4.69, 9.17) is 17.3 Å². The van der Waals surface area contributed by atoms with Gasteiger partial charge in [0.15, 0.2) is 9.47 Å². The molecule has 164 valence electrons. The Morgan fingerprint density at radius 1 is 1.47 bits per heavy atom. The van der Waals surface area contributed by atoms with Gasteiger partial charge in [0.05, 0.1) is 17.2 Å². The monoisotopic (exact) mass is 540 g/mol. The largest absolute Gasteiger partial charge is 1.00 e. The molecule has 0 saturated carbocycles. The normalized spacial score (nSPS) is 24.8. The maximum absolute atomic E-state index is 12.7. The SMILES string of the molecule is Nc1nc(C(=CCl)C(=O)NC2C(=O)N3CC(CSc4nncs4)(C(=O)[O-])CS[C@H]23)cs1.[Na+]. The van der Waals surface area contributed by atoms with Gasteiger partial charge in [-0.15, -0.1) is 33.3 Å². The molecular weight excluding hydrogens is 527 g/mol. The molecule has 2 aromatic heterocycles. The van der Waals surface area contributed by atoms with E-state index in [1.54, 1.807) is 10.9 Å². The van der Waals surface area contributed by atoms with Crippen LogP contribution >= 0.6 is 57.8 Å². The Balaban J connectivity index is 0.00000289. The second-order valence-corrected chi connectivity index (χ2v) is 11.0. The number of hydrogen-bond donors (Lipinski definition) is 2. The summed E-state index contributed by atoms with van der Waals surface area (Å²) in [7, 11) is 0. The van der Waals surface area contributed by atoms with Crippen molar-refractivity contribution in [2.45, 2.75) is 15.8 Å². The van der Waals surface area contributed by atoms with Gasteiger partial charge in [0, 0.05) is 34.4 Å². The first kappa shape index (κ1) is 25.7. The molecule has 0 spiro atoms. The zero-order chi connectivity index (χ0) is 22.2. The molecular formula is C16H14ClN6NaO4S4. The number of fused-ring (bicyclic) bond motifs is 1. The third kappa shape index (κ3) is 4.97. The summed E-state index contributed by atoms with van der Waals surface area (Å²) < 4.78 is 0.649. The van der Waals surface area contributed by atoms with E-state index in [0.717, 1.165) is 5.54 Å². The van der Waals surface area contributed by atoms with E-state index in [9.17, 15) is 19.5 Å². The minimum Gasteiger partial charge on any atom is -0.549 e. The van der Waals surface area contributed by atoms with Gasteiger partial charge in [-0.05, 0) is 0 Å². The molecule has 2 aromatic rings. The number of nitrogens with zero attached hydrogens (tertiary/aromatic N) is 4. The minimum atomic E-state index is -1.22. The summed E-state index contributed by atoms with van der Waals surface area (Å²) in [5.74, 6) is -1.69. The quantitative estimate of drug-likeness (QED) is 0.162. The molecule has 0 radical (unpaired) electrons. The molecule has 3 N–H and O–H groups in total. The Hall–Kier alpha value is -0.870. The van der Waals surface area contributed by atoms with Crippen molar-refractivity contribution < 1.29 is 49.0 Å². The van der Waals surface area contributed by atoms with Gasteiger partial charge in [0.2, 0.25) is 5.91 Å². The van der Waals surface area contributed by atoms with E-state index >= 15 is 0 Å². The average Bonchev–Trinajstić information content (AvgIpc) is 3.42. The predicted octanol–water partition coefficient (Wildman–Crippen LogP) is -2.91. The number of thiazole rings is 1. The molecule has 2 fully saturated rings. The third-order valence-corrected chi connectivity index (χ3v) is 9.46. The van der Waals surface area contributed by atoms with Crippen LogP contribution < -0.4 is 45.7 Å². The number of anilines is 1. The molecule has 2 amide bonds. The van der Waals surface area contributed by atoms with Crippen molar-refractivity contribution in [2.75, 3.05) is 23.8 Å². The molecule has 16 heteroatoms. The van der Waals surface area contributed by atoms with Crippen molar-refractivity contribution in [2.24, 2.45) is 5.41 Å². The number of aromatic nitrogens is 3. The summed E-state index contributed by atoms with van der Waals surface area (Å²) >= 11 is 10.8. The zero-order valence-electron chi connectivity index (χ0n) is 16.5. The van der Waals surface area contributed by atoms with Gasteiger partial charge in [-0.3, -0.25) is 9.59 Å². The first-order valence-corrected chi connectivity index (χ1v) is 12.9. The van der Waals surface area contributed by atoms with Gasteiger partial charge >= 0.3 is 29.6 Å². The van der Waals surface area contributed by atoms with E-state index < -0.39 is 23.3 Å². The van der Waals surface area contributed by atoms with Gasteiger partial charge in [-0.1, -0.05) is 34.7 Å². The summed E-state index contributed by atoms with van der Waals surface area (Å²) in [5.41, 5.74) is 7.45. The minimum absolute atomic E-state index is 0. The molecule has 0 aliphatic carbocycles. The predicted molar refractivity (Wildman–Crippen MR) is 118 cm³/mol. The van der Waals surface area contributed by atoms with Crippen LogP contribution in [0.2, 0.25) is 0 Å². The first-order valence-electron chi connectivity index (χ1n) is 8.70.